The normalized spacial score (nSPS) is 12.6. The van der Waals surface area contributed by atoms with Crippen molar-refractivity contribution in [1.82, 2.24) is 0 Å². The quantitative estimate of drug-likeness (QED) is 0.137. The van der Waals surface area contributed by atoms with E-state index in [0.717, 1.165) is 24.3 Å². The predicted octanol–water partition coefficient (Wildman–Crippen LogP) is 9.12. The average molecular weight is 457 g/mol. The van der Waals surface area contributed by atoms with Crippen LogP contribution in [0.4, 0.5) is 0 Å². The SMILES string of the molecule is CC(=O)/C=C/CCCCCCCCCCCCCCCCCCCc1ccc2c(c1)OCO2. The van der Waals surface area contributed by atoms with Crippen molar-refractivity contribution in [3.05, 3.63) is 35.9 Å². The van der Waals surface area contributed by atoms with Gasteiger partial charge in [0.1, 0.15) is 0 Å². The van der Waals surface area contributed by atoms with Gasteiger partial charge in [0.05, 0.1) is 0 Å². The molecule has 2 rings (SSSR count). The maximum absolute atomic E-state index is 10.8. The lowest BCUT2D eigenvalue weighted by atomic mass is 10.0. The third-order valence-corrected chi connectivity index (χ3v) is 6.63. The number of ether oxygens (including phenoxy) is 2. The fourth-order valence-corrected chi connectivity index (χ4v) is 4.59. The van der Waals surface area contributed by atoms with E-state index < -0.39 is 0 Å². The fourth-order valence-electron chi connectivity index (χ4n) is 4.59. The van der Waals surface area contributed by atoms with Crippen LogP contribution in [0.5, 0.6) is 11.5 Å². The molecule has 0 amide bonds. The number of ketones is 1. The van der Waals surface area contributed by atoms with E-state index >= 15 is 0 Å². The van der Waals surface area contributed by atoms with Gasteiger partial charge in [0.25, 0.3) is 0 Å². The second-order valence-electron chi connectivity index (χ2n) is 9.75. The Balaban J connectivity index is 1.24. The Kier molecular flexibility index (Phi) is 15.5. The first-order chi connectivity index (χ1) is 16.3. The first kappa shape index (κ1) is 27.5. The minimum Gasteiger partial charge on any atom is -0.454 e. The Morgan fingerprint density at radius 1 is 0.697 bits per heavy atom. The van der Waals surface area contributed by atoms with Gasteiger partial charge in [-0.3, -0.25) is 4.79 Å². The average Bonchev–Trinajstić information content (AvgIpc) is 3.28. The number of rotatable bonds is 21. The molecule has 33 heavy (non-hydrogen) atoms. The van der Waals surface area contributed by atoms with E-state index in [1.165, 1.54) is 115 Å². The minimum atomic E-state index is 0.163. The van der Waals surface area contributed by atoms with Gasteiger partial charge in [-0.25, -0.2) is 0 Å². The van der Waals surface area contributed by atoms with E-state index in [9.17, 15) is 4.79 Å². The van der Waals surface area contributed by atoms with Crippen molar-refractivity contribution in [2.75, 3.05) is 6.79 Å². The van der Waals surface area contributed by atoms with Crippen LogP contribution >= 0.6 is 0 Å². The molecule has 3 heteroatoms. The Morgan fingerprint density at radius 2 is 1.18 bits per heavy atom. The van der Waals surface area contributed by atoms with Crippen molar-refractivity contribution in [3.8, 4) is 11.5 Å². The molecular formula is C30H48O3. The van der Waals surface area contributed by atoms with Crippen LogP contribution in [-0.4, -0.2) is 12.6 Å². The number of fused-ring (bicyclic) bond motifs is 1. The van der Waals surface area contributed by atoms with E-state index in [0.29, 0.717) is 6.79 Å². The van der Waals surface area contributed by atoms with E-state index in [2.05, 4.69) is 12.1 Å². The Bertz CT molecular complexity index is 665. The maximum atomic E-state index is 10.8. The summed E-state index contributed by atoms with van der Waals surface area (Å²) in [6, 6.07) is 6.36. The number of carbonyl (C=O) groups is 1. The summed E-state index contributed by atoms with van der Waals surface area (Å²) in [5.74, 6) is 1.96. The summed E-state index contributed by atoms with van der Waals surface area (Å²) in [6.07, 6.45) is 29.4. The molecule has 0 saturated carbocycles. The summed E-state index contributed by atoms with van der Waals surface area (Å²) >= 11 is 0. The van der Waals surface area contributed by atoms with Crippen molar-refractivity contribution in [1.29, 1.82) is 0 Å². The molecule has 1 heterocycles. The second kappa shape index (κ2) is 18.6. The maximum Gasteiger partial charge on any atom is 0.231 e. The van der Waals surface area contributed by atoms with Crippen LogP contribution in [0.1, 0.15) is 128 Å². The van der Waals surface area contributed by atoms with Crippen LogP contribution in [0.15, 0.2) is 30.4 Å². The van der Waals surface area contributed by atoms with Crippen molar-refractivity contribution in [3.63, 3.8) is 0 Å². The van der Waals surface area contributed by atoms with Gasteiger partial charge in [0.2, 0.25) is 6.79 Å². The van der Waals surface area contributed by atoms with Crippen molar-refractivity contribution in [2.45, 2.75) is 129 Å². The summed E-state index contributed by atoms with van der Waals surface area (Å²) < 4.78 is 10.8. The van der Waals surface area contributed by atoms with E-state index in [1.54, 1.807) is 13.0 Å². The largest absolute Gasteiger partial charge is 0.454 e. The van der Waals surface area contributed by atoms with Gasteiger partial charge in [-0.1, -0.05) is 108 Å². The van der Waals surface area contributed by atoms with Crippen molar-refractivity contribution in [2.24, 2.45) is 0 Å². The topological polar surface area (TPSA) is 35.5 Å². The molecule has 0 atom stereocenters. The lowest BCUT2D eigenvalue weighted by Gasteiger charge is -2.05. The smallest absolute Gasteiger partial charge is 0.231 e. The number of carbonyl (C=O) groups excluding carboxylic acids is 1. The molecular weight excluding hydrogens is 408 g/mol. The highest BCUT2D eigenvalue weighted by atomic mass is 16.7. The van der Waals surface area contributed by atoms with Crippen LogP contribution in [0.3, 0.4) is 0 Å². The van der Waals surface area contributed by atoms with Crippen LogP contribution in [-0.2, 0) is 11.2 Å². The summed E-state index contributed by atoms with van der Waals surface area (Å²) in [4.78, 5) is 10.8. The molecule has 1 aliphatic rings. The van der Waals surface area contributed by atoms with E-state index in [-0.39, 0.29) is 5.78 Å². The zero-order valence-electron chi connectivity index (χ0n) is 21.3. The molecule has 0 N–H and O–H groups in total. The highest BCUT2D eigenvalue weighted by molar-refractivity contribution is 5.87. The molecule has 3 nitrogen and oxygen atoms in total. The molecule has 1 aliphatic heterocycles. The third-order valence-electron chi connectivity index (χ3n) is 6.63. The van der Waals surface area contributed by atoms with Gasteiger partial charge >= 0.3 is 0 Å². The lowest BCUT2D eigenvalue weighted by molar-refractivity contribution is -0.112. The van der Waals surface area contributed by atoms with Crippen LogP contribution in [0.25, 0.3) is 0 Å². The molecule has 186 valence electrons. The third kappa shape index (κ3) is 14.2. The van der Waals surface area contributed by atoms with Gasteiger partial charge in [-0.15, -0.1) is 0 Å². The Morgan fingerprint density at radius 3 is 1.73 bits per heavy atom. The van der Waals surface area contributed by atoms with E-state index in [4.69, 9.17) is 9.47 Å². The predicted molar refractivity (Wildman–Crippen MR) is 139 cm³/mol. The zero-order valence-corrected chi connectivity index (χ0v) is 21.3. The minimum absolute atomic E-state index is 0.163. The summed E-state index contributed by atoms with van der Waals surface area (Å²) in [5.41, 5.74) is 1.37. The molecule has 0 radical (unpaired) electrons. The molecule has 1 aromatic carbocycles. The first-order valence-electron chi connectivity index (χ1n) is 13.8. The first-order valence-corrected chi connectivity index (χ1v) is 13.8. The van der Waals surface area contributed by atoms with Crippen molar-refractivity contribution < 1.29 is 14.3 Å². The van der Waals surface area contributed by atoms with Crippen LogP contribution < -0.4 is 9.47 Å². The number of benzene rings is 1. The summed E-state index contributed by atoms with van der Waals surface area (Å²) in [7, 11) is 0. The lowest BCUT2D eigenvalue weighted by Crippen LogP contribution is -1.93. The monoisotopic (exact) mass is 456 g/mol. The fraction of sp³-hybridized carbons (Fsp3) is 0.700. The van der Waals surface area contributed by atoms with Crippen LogP contribution in [0, 0.1) is 0 Å². The Labute approximate surface area is 203 Å². The summed E-state index contributed by atoms with van der Waals surface area (Å²) in [5, 5.41) is 0. The molecule has 1 aromatic rings. The van der Waals surface area contributed by atoms with Gasteiger partial charge in [-0.2, -0.15) is 0 Å². The molecule has 0 bridgehead atoms. The van der Waals surface area contributed by atoms with Crippen molar-refractivity contribution >= 4 is 5.78 Å². The molecule has 0 aromatic heterocycles. The van der Waals surface area contributed by atoms with Gasteiger partial charge < -0.3 is 9.47 Å². The zero-order chi connectivity index (χ0) is 23.4. The molecule has 0 aliphatic carbocycles. The number of hydrogen-bond donors (Lipinski definition) is 0. The number of hydrogen-bond acceptors (Lipinski definition) is 3. The molecule has 0 unspecified atom stereocenters. The number of unbranched alkanes of at least 4 members (excludes halogenated alkanes) is 17. The van der Waals surface area contributed by atoms with Gasteiger partial charge in [-0.05, 0) is 56.4 Å². The molecule has 0 saturated heterocycles. The Hall–Kier alpha value is -1.77. The van der Waals surface area contributed by atoms with E-state index in [1.807, 2.05) is 12.1 Å². The molecule has 0 fully saturated rings. The highest BCUT2D eigenvalue weighted by Crippen LogP contribution is 2.32. The standard InChI is InChI=1S/C30H48O3/c1-27(31)21-19-17-15-13-11-9-7-5-3-2-4-6-8-10-12-14-16-18-20-22-28-23-24-29-30(25-28)33-26-32-29/h19,21,23-25H,2-18,20,22,26H2,1H3/b21-19+. The summed E-state index contributed by atoms with van der Waals surface area (Å²) in [6.45, 7) is 1.98. The van der Waals surface area contributed by atoms with Gasteiger partial charge in [0.15, 0.2) is 17.3 Å². The molecule has 0 spiro atoms. The van der Waals surface area contributed by atoms with Gasteiger partial charge in [0, 0.05) is 0 Å². The number of aryl methyl sites for hydroxylation is 1. The second-order valence-corrected chi connectivity index (χ2v) is 9.75. The number of allylic oxidation sites excluding steroid dienone is 2. The van der Waals surface area contributed by atoms with Crippen LogP contribution in [0.2, 0.25) is 0 Å². The highest BCUT2D eigenvalue weighted by Gasteiger charge is 2.12.